The van der Waals surface area contributed by atoms with Crippen LogP contribution in [0.1, 0.15) is 5.69 Å². The fraction of sp³-hybridized carbons (Fsp3) is 0.0357. The van der Waals surface area contributed by atoms with Crippen LogP contribution in [0.4, 0.5) is 0 Å². The molecule has 0 amide bonds. The van der Waals surface area contributed by atoms with Crippen LogP contribution in [0.25, 0.3) is 65.5 Å². The third-order valence-corrected chi connectivity index (χ3v) is 6.43. The highest BCUT2D eigenvalue weighted by Gasteiger charge is 2.22. The number of hydrogen-bond donors (Lipinski definition) is 0. The predicted molar refractivity (Wildman–Crippen MR) is 123 cm³/mol. The van der Waals surface area contributed by atoms with E-state index in [-0.39, 0.29) is 0 Å². The van der Waals surface area contributed by atoms with E-state index in [0.29, 0.717) is 0 Å². The lowest BCUT2D eigenvalue weighted by Crippen LogP contribution is -1.90. The lowest BCUT2D eigenvalue weighted by molar-refractivity contribution is 1.26. The number of fused-ring (bicyclic) bond motifs is 2. The molecule has 0 unspecified atom stereocenters. The van der Waals surface area contributed by atoms with Crippen molar-refractivity contribution in [1.29, 1.82) is 0 Å². The van der Waals surface area contributed by atoms with Crippen molar-refractivity contribution < 1.29 is 0 Å². The van der Waals surface area contributed by atoms with Gasteiger partial charge in [0, 0.05) is 11.1 Å². The third-order valence-electron chi connectivity index (χ3n) is 6.43. The summed E-state index contributed by atoms with van der Waals surface area (Å²) >= 11 is 0. The molecule has 29 heavy (non-hydrogen) atoms. The van der Waals surface area contributed by atoms with Crippen molar-refractivity contribution in [3.8, 4) is 22.3 Å². The van der Waals surface area contributed by atoms with Gasteiger partial charge in [0.15, 0.2) is 0 Å². The van der Waals surface area contributed by atoms with E-state index in [4.69, 9.17) is 4.98 Å². The van der Waals surface area contributed by atoms with Crippen LogP contribution in [0.15, 0.2) is 84.9 Å². The molecular weight excluding hydrogens is 350 g/mol. The minimum atomic E-state index is 1.05. The van der Waals surface area contributed by atoms with Gasteiger partial charge in [-0.15, -0.1) is 0 Å². The molecule has 0 saturated carbocycles. The number of aromatic nitrogens is 1. The van der Waals surface area contributed by atoms with Crippen LogP contribution in [0.2, 0.25) is 0 Å². The Bertz CT molecular complexity index is 1660. The molecule has 1 heterocycles. The molecule has 1 nitrogen and oxygen atoms in total. The number of hydrogen-bond acceptors (Lipinski definition) is 1. The normalized spacial score (nSPS) is 12.3. The summed E-state index contributed by atoms with van der Waals surface area (Å²) in [6.45, 7) is 2.08. The van der Waals surface area contributed by atoms with Crippen LogP contribution in [0.3, 0.4) is 0 Å². The van der Waals surface area contributed by atoms with Crippen molar-refractivity contribution in [2.24, 2.45) is 0 Å². The van der Waals surface area contributed by atoms with E-state index in [9.17, 15) is 0 Å². The van der Waals surface area contributed by atoms with Crippen molar-refractivity contribution in [2.45, 2.75) is 6.92 Å². The topological polar surface area (TPSA) is 12.9 Å². The van der Waals surface area contributed by atoms with E-state index >= 15 is 0 Å². The van der Waals surface area contributed by atoms with Gasteiger partial charge in [0.25, 0.3) is 0 Å². The average Bonchev–Trinajstić information content (AvgIpc) is 3.10. The number of para-hydroxylation sites is 1. The first-order chi connectivity index (χ1) is 14.3. The Labute approximate surface area is 168 Å². The molecule has 0 N–H and O–H groups in total. The Balaban J connectivity index is 1.69. The molecule has 1 aliphatic carbocycles. The van der Waals surface area contributed by atoms with Gasteiger partial charge in [-0.3, -0.25) is 4.98 Å². The van der Waals surface area contributed by atoms with E-state index in [1.165, 1.54) is 60.0 Å². The van der Waals surface area contributed by atoms with Crippen LogP contribution in [0, 0.1) is 6.92 Å². The van der Waals surface area contributed by atoms with Crippen molar-refractivity contribution in [2.75, 3.05) is 0 Å². The summed E-state index contributed by atoms with van der Waals surface area (Å²) in [5.74, 6) is 0. The maximum absolute atomic E-state index is 4.75. The van der Waals surface area contributed by atoms with Crippen molar-refractivity contribution >= 4 is 43.2 Å². The van der Waals surface area contributed by atoms with Crippen LogP contribution in [0.5, 0.6) is 0 Å². The molecule has 0 radical (unpaired) electrons. The summed E-state index contributed by atoms with van der Waals surface area (Å²) in [6.07, 6.45) is 0. The highest BCUT2D eigenvalue weighted by atomic mass is 14.7. The van der Waals surface area contributed by atoms with Gasteiger partial charge in [0.1, 0.15) is 0 Å². The van der Waals surface area contributed by atoms with Gasteiger partial charge >= 0.3 is 0 Å². The highest BCUT2D eigenvalue weighted by Crippen LogP contribution is 2.49. The van der Waals surface area contributed by atoms with Gasteiger partial charge in [0.05, 0.1) is 5.52 Å². The Kier molecular flexibility index (Phi) is 2.74. The largest absolute Gasteiger partial charge is 0.253 e. The fourth-order valence-corrected chi connectivity index (χ4v) is 5.25. The zero-order valence-corrected chi connectivity index (χ0v) is 16.0. The second-order valence-corrected chi connectivity index (χ2v) is 8.04. The van der Waals surface area contributed by atoms with Gasteiger partial charge in [0.2, 0.25) is 0 Å². The van der Waals surface area contributed by atoms with E-state index in [1.54, 1.807) is 0 Å². The van der Waals surface area contributed by atoms with E-state index < -0.39 is 0 Å². The number of nitrogens with zero attached hydrogens (tertiary/aromatic N) is 1. The summed E-state index contributed by atoms with van der Waals surface area (Å²) in [4.78, 5) is 4.75. The van der Waals surface area contributed by atoms with Crippen LogP contribution in [-0.2, 0) is 0 Å². The van der Waals surface area contributed by atoms with Crippen LogP contribution < -0.4 is 0 Å². The molecule has 6 aromatic rings. The average molecular weight is 367 g/mol. The molecule has 1 heteroatoms. The van der Waals surface area contributed by atoms with E-state index in [0.717, 1.165) is 11.2 Å². The molecule has 134 valence electrons. The summed E-state index contributed by atoms with van der Waals surface area (Å²) in [7, 11) is 0. The Hall–Kier alpha value is -3.71. The van der Waals surface area contributed by atoms with Gasteiger partial charge < -0.3 is 0 Å². The number of benzene rings is 5. The van der Waals surface area contributed by atoms with Gasteiger partial charge in [-0.1, -0.05) is 72.8 Å². The number of rotatable bonds is 1. The summed E-state index contributed by atoms with van der Waals surface area (Å²) in [5, 5.41) is 9.39. The van der Waals surface area contributed by atoms with Crippen molar-refractivity contribution in [1.82, 2.24) is 4.98 Å². The van der Waals surface area contributed by atoms with Gasteiger partial charge in [-0.05, 0) is 73.6 Å². The maximum atomic E-state index is 4.75. The Morgan fingerprint density at radius 2 is 1.28 bits per heavy atom. The van der Waals surface area contributed by atoms with Crippen molar-refractivity contribution in [3.63, 3.8) is 0 Å². The predicted octanol–water partition coefficient (Wildman–Crippen LogP) is 7.65. The monoisotopic (exact) mass is 367 g/mol. The number of pyridine rings is 1. The zero-order valence-electron chi connectivity index (χ0n) is 16.0. The van der Waals surface area contributed by atoms with Crippen LogP contribution >= 0.6 is 0 Å². The van der Waals surface area contributed by atoms with Crippen LogP contribution in [-0.4, -0.2) is 4.98 Å². The van der Waals surface area contributed by atoms with E-state index in [1.807, 2.05) is 0 Å². The molecule has 0 aliphatic heterocycles. The summed E-state index contributed by atoms with van der Waals surface area (Å²) in [5.41, 5.74) is 7.38. The number of aryl methyl sites for hydroxylation is 1. The first kappa shape index (κ1) is 15.2. The quantitative estimate of drug-likeness (QED) is 0.272. The Morgan fingerprint density at radius 1 is 0.517 bits per heavy atom. The molecule has 0 spiro atoms. The zero-order chi connectivity index (χ0) is 19.1. The molecule has 7 rings (SSSR count). The Morgan fingerprint density at radius 3 is 2.21 bits per heavy atom. The molecule has 0 saturated heterocycles. The second kappa shape index (κ2) is 5.21. The lowest BCUT2D eigenvalue weighted by atomic mass is 9.92. The minimum absolute atomic E-state index is 1.05. The first-order valence-electron chi connectivity index (χ1n) is 10.1. The third kappa shape index (κ3) is 1.87. The molecule has 1 aliphatic rings. The summed E-state index contributed by atoms with van der Waals surface area (Å²) < 4.78 is 0. The second-order valence-electron chi connectivity index (χ2n) is 8.04. The molecule has 0 bridgehead atoms. The lowest BCUT2D eigenvalue weighted by Gasteiger charge is -2.13. The maximum Gasteiger partial charge on any atom is 0.0711 e. The highest BCUT2D eigenvalue weighted by molar-refractivity contribution is 6.34. The first-order valence-corrected chi connectivity index (χ1v) is 10.1. The van der Waals surface area contributed by atoms with Crippen molar-refractivity contribution in [3.05, 3.63) is 90.6 Å². The molecule has 0 fully saturated rings. The summed E-state index contributed by atoms with van der Waals surface area (Å²) in [6, 6.07) is 31.1. The van der Waals surface area contributed by atoms with Gasteiger partial charge in [-0.25, -0.2) is 0 Å². The fourth-order valence-electron chi connectivity index (χ4n) is 5.25. The standard InChI is InChI=1S/C28H17N/c1-16-15-24(20-6-2-3-8-25(20)29-16)19-13-14-23-21-7-4-5-17-9-10-18-11-12-22(19)28(23)27(18)26(17)21/h2-15H,1H3. The molecule has 0 atom stereocenters. The minimum Gasteiger partial charge on any atom is -0.253 e. The smallest absolute Gasteiger partial charge is 0.0711 e. The van der Waals surface area contributed by atoms with Gasteiger partial charge in [-0.2, -0.15) is 0 Å². The SMILES string of the molecule is Cc1cc(-c2ccc3c4c2ccc2ccc5cccc-3c5c24)c2ccccc2n1. The molecule has 5 aromatic carbocycles. The van der Waals surface area contributed by atoms with E-state index in [2.05, 4.69) is 91.9 Å². The molecular formula is C28H17N. The molecule has 1 aromatic heterocycles.